The topological polar surface area (TPSA) is 60.2 Å². The third-order valence-corrected chi connectivity index (χ3v) is 1.75. The summed E-state index contributed by atoms with van der Waals surface area (Å²) in [4.78, 5) is 4.12. The second-order valence-corrected chi connectivity index (χ2v) is 2.71. The molecule has 1 aromatic heterocycles. The van der Waals surface area contributed by atoms with E-state index in [1.165, 1.54) is 0 Å². The van der Waals surface area contributed by atoms with Crippen LogP contribution in [0.3, 0.4) is 0 Å². The lowest BCUT2D eigenvalue weighted by molar-refractivity contribution is 0.322. The highest BCUT2D eigenvalue weighted by molar-refractivity contribution is 5.54. The number of nitrogens with two attached hydrogens (primary N) is 1. The molecule has 0 bridgehead atoms. The van der Waals surface area contributed by atoms with Crippen LogP contribution in [0.5, 0.6) is 5.75 Å². The molecule has 2 rings (SSSR count). The molecule has 3 N–H and O–H groups in total. The molecule has 0 aliphatic carbocycles. The highest BCUT2D eigenvalue weighted by Gasteiger charge is 2.08. The molecule has 0 saturated carbocycles. The van der Waals surface area contributed by atoms with Crippen LogP contribution in [0.2, 0.25) is 0 Å². The smallest absolute Gasteiger partial charge is 0.170 e. The van der Waals surface area contributed by atoms with E-state index in [1.807, 2.05) is 6.07 Å². The number of hydrogen-bond acceptors (Lipinski definition) is 4. The van der Waals surface area contributed by atoms with Crippen molar-refractivity contribution in [3.05, 3.63) is 12.1 Å². The Bertz CT molecular complexity index is 288. The van der Waals surface area contributed by atoms with E-state index in [4.69, 9.17) is 10.5 Å². The molecule has 0 spiro atoms. The summed E-state index contributed by atoms with van der Waals surface area (Å²) in [5.41, 5.74) is 5.53. The molecule has 1 aromatic rings. The fourth-order valence-electron chi connectivity index (χ4n) is 1.17. The van der Waals surface area contributed by atoms with E-state index in [2.05, 4.69) is 10.3 Å². The van der Waals surface area contributed by atoms with Crippen LogP contribution in [0.15, 0.2) is 12.1 Å². The molecule has 0 unspecified atom stereocenters. The van der Waals surface area contributed by atoms with Crippen LogP contribution in [0.1, 0.15) is 6.42 Å². The zero-order valence-corrected chi connectivity index (χ0v) is 6.71. The van der Waals surface area contributed by atoms with Crippen molar-refractivity contribution in [1.29, 1.82) is 0 Å². The van der Waals surface area contributed by atoms with Crippen molar-refractivity contribution in [2.24, 2.45) is 0 Å². The van der Waals surface area contributed by atoms with Crippen molar-refractivity contribution >= 4 is 11.6 Å². The maximum absolute atomic E-state index is 5.53. The molecule has 4 heteroatoms. The first-order valence-electron chi connectivity index (χ1n) is 3.99. The second kappa shape index (κ2) is 2.89. The predicted octanol–water partition coefficient (Wildman–Crippen LogP) is 0.858. The monoisotopic (exact) mass is 165 g/mol. The number of fused-ring (bicyclic) bond motifs is 1. The summed E-state index contributed by atoms with van der Waals surface area (Å²) in [7, 11) is 0. The molecular formula is C8H11N3O. The Balaban J connectivity index is 2.36. The molecule has 4 nitrogen and oxygen atoms in total. The standard InChI is InChI=1S/C8H11N3O/c9-7-3-2-6-8(11-7)10-4-1-5-12-6/h2-3H,1,4-5H2,(H3,9,10,11). The normalized spacial score (nSPS) is 15.3. The zero-order chi connectivity index (χ0) is 8.39. The van der Waals surface area contributed by atoms with E-state index < -0.39 is 0 Å². The van der Waals surface area contributed by atoms with E-state index in [-0.39, 0.29) is 0 Å². The minimum atomic E-state index is 0.520. The minimum Gasteiger partial charge on any atom is -0.490 e. The molecule has 1 aliphatic heterocycles. The van der Waals surface area contributed by atoms with Crippen LogP contribution in [0.4, 0.5) is 11.6 Å². The average Bonchev–Trinajstić information content (AvgIpc) is 2.28. The van der Waals surface area contributed by atoms with Crippen LogP contribution in [0.25, 0.3) is 0 Å². The number of pyridine rings is 1. The number of anilines is 2. The summed E-state index contributed by atoms with van der Waals surface area (Å²) in [5, 5.41) is 3.15. The van der Waals surface area contributed by atoms with E-state index >= 15 is 0 Å². The Morgan fingerprint density at radius 3 is 3.33 bits per heavy atom. The van der Waals surface area contributed by atoms with E-state index in [0.29, 0.717) is 5.82 Å². The van der Waals surface area contributed by atoms with Gasteiger partial charge < -0.3 is 15.8 Å². The number of nitrogen functional groups attached to an aromatic ring is 1. The van der Waals surface area contributed by atoms with Crippen molar-refractivity contribution in [2.45, 2.75) is 6.42 Å². The molecule has 0 amide bonds. The number of ether oxygens (including phenoxy) is 1. The van der Waals surface area contributed by atoms with Gasteiger partial charge in [-0.05, 0) is 18.6 Å². The van der Waals surface area contributed by atoms with Gasteiger partial charge >= 0.3 is 0 Å². The Hall–Kier alpha value is -1.45. The Kier molecular flexibility index (Phi) is 1.74. The molecule has 0 atom stereocenters. The lowest BCUT2D eigenvalue weighted by Gasteiger charge is -2.05. The second-order valence-electron chi connectivity index (χ2n) is 2.71. The van der Waals surface area contributed by atoms with Crippen molar-refractivity contribution in [3.63, 3.8) is 0 Å². The van der Waals surface area contributed by atoms with Gasteiger partial charge in [0.1, 0.15) is 5.82 Å². The maximum atomic E-state index is 5.53. The Morgan fingerprint density at radius 1 is 1.50 bits per heavy atom. The number of rotatable bonds is 0. The lowest BCUT2D eigenvalue weighted by Crippen LogP contribution is -2.02. The summed E-state index contributed by atoms with van der Waals surface area (Å²) >= 11 is 0. The third kappa shape index (κ3) is 1.28. The van der Waals surface area contributed by atoms with Gasteiger partial charge in [0.25, 0.3) is 0 Å². The van der Waals surface area contributed by atoms with E-state index in [9.17, 15) is 0 Å². The number of nitrogens with one attached hydrogen (secondary N) is 1. The molecule has 12 heavy (non-hydrogen) atoms. The molecular weight excluding hydrogens is 154 g/mol. The molecule has 0 radical (unpaired) electrons. The van der Waals surface area contributed by atoms with Gasteiger partial charge in [-0.1, -0.05) is 0 Å². The number of hydrogen-bond donors (Lipinski definition) is 2. The Morgan fingerprint density at radius 2 is 2.42 bits per heavy atom. The van der Waals surface area contributed by atoms with Gasteiger partial charge in [-0.15, -0.1) is 0 Å². The molecule has 0 aromatic carbocycles. The van der Waals surface area contributed by atoms with Gasteiger partial charge in [0.05, 0.1) is 6.61 Å². The third-order valence-electron chi connectivity index (χ3n) is 1.75. The average molecular weight is 165 g/mol. The van der Waals surface area contributed by atoms with Crippen molar-refractivity contribution < 1.29 is 4.74 Å². The first-order valence-corrected chi connectivity index (χ1v) is 3.99. The van der Waals surface area contributed by atoms with E-state index in [0.717, 1.165) is 31.1 Å². The number of aromatic nitrogens is 1. The first kappa shape index (κ1) is 7.21. The summed E-state index contributed by atoms with van der Waals surface area (Å²) in [6, 6.07) is 3.59. The fourth-order valence-corrected chi connectivity index (χ4v) is 1.17. The van der Waals surface area contributed by atoms with Crippen molar-refractivity contribution in [2.75, 3.05) is 24.2 Å². The van der Waals surface area contributed by atoms with Gasteiger partial charge in [0.2, 0.25) is 0 Å². The maximum Gasteiger partial charge on any atom is 0.170 e. The highest BCUT2D eigenvalue weighted by atomic mass is 16.5. The van der Waals surface area contributed by atoms with Crippen LogP contribution >= 0.6 is 0 Å². The van der Waals surface area contributed by atoms with Gasteiger partial charge in [-0.2, -0.15) is 0 Å². The molecule has 2 heterocycles. The summed E-state index contributed by atoms with van der Waals surface area (Å²) in [6.07, 6.45) is 0.996. The summed E-state index contributed by atoms with van der Waals surface area (Å²) in [5.74, 6) is 2.07. The Labute approximate surface area is 70.7 Å². The predicted molar refractivity (Wildman–Crippen MR) is 47.3 cm³/mol. The van der Waals surface area contributed by atoms with Crippen LogP contribution in [0, 0.1) is 0 Å². The fraction of sp³-hybridized carbons (Fsp3) is 0.375. The molecule has 0 fully saturated rings. The van der Waals surface area contributed by atoms with Crippen molar-refractivity contribution in [1.82, 2.24) is 4.98 Å². The van der Waals surface area contributed by atoms with E-state index in [1.54, 1.807) is 6.07 Å². The largest absolute Gasteiger partial charge is 0.490 e. The zero-order valence-electron chi connectivity index (χ0n) is 6.71. The SMILES string of the molecule is Nc1ccc2c(n1)NCCCO2. The van der Waals surface area contributed by atoms with Gasteiger partial charge in [0, 0.05) is 6.54 Å². The summed E-state index contributed by atoms with van der Waals surface area (Å²) in [6.45, 7) is 1.63. The van der Waals surface area contributed by atoms with Gasteiger partial charge in [0.15, 0.2) is 11.6 Å². The van der Waals surface area contributed by atoms with Crippen LogP contribution in [-0.4, -0.2) is 18.1 Å². The molecule has 0 saturated heterocycles. The van der Waals surface area contributed by atoms with Crippen LogP contribution < -0.4 is 15.8 Å². The molecule has 64 valence electrons. The first-order chi connectivity index (χ1) is 5.86. The van der Waals surface area contributed by atoms with Gasteiger partial charge in [-0.3, -0.25) is 0 Å². The summed E-state index contributed by atoms with van der Waals surface area (Å²) < 4.78 is 5.42. The number of nitrogens with zero attached hydrogens (tertiary/aromatic N) is 1. The lowest BCUT2D eigenvalue weighted by atomic mass is 10.4. The quantitative estimate of drug-likeness (QED) is 0.598. The highest BCUT2D eigenvalue weighted by Crippen LogP contribution is 2.24. The van der Waals surface area contributed by atoms with Crippen LogP contribution in [-0.2, 0) is 0 Å². The van der Waals surface area contributed by atoms with Crippen molar-refractivity contribution in [3.8, 4) is 5.75 Å². The minimum absolute atomic E-state index is 0.520. The molecule has 1 aliphatic rings. The van der Waals surface area contributed by atoms with Gasteiger partial charge in [-0.25, -0.2) is 4.98 Å².